The number of nitrogens with zero attached hydrogens (tertiary/aromatic N) is 1. The van der Waals surface area contributed by atoms with Crippen LogP contribution >= 0.6 is 0 Å². The summed E-state index contributed by atoms with van der Waals surface area (Å²) in [5, 5.41) is 7.06. The summed E-state index contributed by atoms with van der Waals surface area (Å²) in [5.41, 5.74) is 48.7. The maximum absolute atomic E-state index is 7.34. The van der Waals surface area contributed by atoms with Gasteiger partial charge in [0.2, 0.25) is 0 Å². The van der Waals surface area contributed by atoms with E-state index in [4.69, 9.17) is 8.83 Å². The molecule has 0 amide bonds. The molecule has 143 heavy (non-hydrogen) atoms. The summed E-state index contributed by atoms with van der Waals surface area (Å²) in [6.45, 7) is 29.1. The van der Waals surface area contributed by atoms with Crippen LogP contribution in [0.1, 0.15) is 330 Å². The van der Waals surface area contributed by atoms with Gasteiger partial charge < -0.3 is 13.7 Å². The molecule has 24 rings (SSSR count). The summed E-state index contributed by atoms with van der Waals surface area (Å²) in [7, 11) is 0. The summed E-state index contributed by atoms with van der Waals surface area (Å²) in [5.74, 6) is 0. The van der Waals surface area contributed by atoms with Crippen molar-refractivity contribution in [2.45, 2.75) is 295 Å². The van der Waals surface area contributed by atoms with Crippen LogP contribution in [0.5, 0.6) is 0 Å². The standard InChI is InChI=1S/C140H141NO2/c1-13-17-21-25-29-43-76-139(77-44-30-26-22-18-14-2)114-55-39-35-51-100(114)106-70-62-93(82-122(106)139)91-60-68-102-104-72-64-95(84-118(104)135(5,6)116(102)80-91)112-88-124-129(131-110-53-37-41-58-127(110)142-133(112)131)108-74-66-97(86-120(108)137(124,9)10)141(126-57-47-49-90-48-33-34-50-99(90)126)98-67-75-109-121(87-98)138(11,12)125-89-113(134-132(130(109)125)111-54-38-42-59-128(111)143-134)96-65-73-105-103-69-61-92(81-117(103)136(7,8)119(105)85-96)94-63-71-107-101-52-36-40-56-115(101)140(123(107)83-94,78-45-31-27-23-19-15-3)79-46-32-28-24-20-16-4/h33-42,47-75,80-89H,13-32,43-46,76-79H2,1-12H3. The summed E-state index contributed by atoms with van der Waals surface area (Å²) in [6, 6.07) is 117. The van der Waals surface area contributed by atoms with Crippen molar-refractivity contribution in [3.8, 4) is 111 Å². The van der Waals surface area contributed by atoms with Crippen LogP contribution < -0.4 is 4.90 Å². The van der Waals surface area contributed by atoms with Crippen molar-refractivity contribution in [3.05, 3.63) is 364 Å². The van der Waals surface area contributed by atoms with E-state index in [1.807, 2.05) is 0 Å². The maximum Gasteiger partial charge on any atom is 0.143 e. The van der Waals surface area contributed by atoms with Crippen LogP contribution in [-0.4, -0.2) is 0 Å². The lowest BCUT2D eigenvalue weighted by Gasteiger charge is -2.33. The number of unbranched alkanes of at least 4 members (excludes halogenated alkanes) is 20. The fraction of sp³-hybridized carbons (Fsp3) is 0.329. The van der Waals surface area contributed by atoms with E-state index in [0.717, 1.165) is 61.3 Å². The van der Waals surface area contributed by atoms with Crippen molar-refractivity contribution in [3.63, 3.8) is 0 Å². The van der Waals surface area contributed by atoms with Crippen molar-refractivity contribution in [2.75, 3.05) is 4.90 Å². The molecule has 0 N–H and O–H groups in total. The van der Waals surface area contributed by atoms with E-state index in [1.165, 1.54) is 346 Å². The fourth-order valence-corrected chi connectivity index (χ4v) is 28.3. The highest BCUT2D eigenvalue weighted by Gasteiger charge is 2.48. The third-order valence-corrected chi connectivity index (χ3v) is 36.1. The van der Waals surface area contributed by atoms with E-state index in [2.05, 4.69) is 385 Å². The first-order valence-corrected chi connectivity index (χ1v) is 55.4. The lowest BCUT2D eigenvalue weighted by molar-refractivity contribution is 0.398. The van der Waals surface area contributed by atoms with E-state index >= 15 is 0 Å². The van der Waals surface area contributed by atoms with Gasteiger partial charge >= 0.3 is 0 Å². The molecular formula is C140H141NO2. The zero-order chi connectivity index (χ0) is 97.4. The molecule has 6 aliphatic rings. The molecule has 0 saturated heterocycles. The van der Waals surface area contributed by atoms with Gasteiger partial charge in [0.25, 0.3) is 0 Å². The van der Waals surface area contributed by atoms with Crippen LogP contribution in [0.25, 0.3) is 166 Å². The molecule has 3 heteroatoms. The van der Waals surface area contributed by atoms with Gasteiger partial charge in [-0.2, -0.15) is 0 Å². The Morgan fingerprint density at radius 3 is 0.888 bits per heavy atom. The van der Waals surface area contributed by atoms with Crippen molar-refractivity contribution >= 4 is 71.7 Å². The number of hydrogen-bond donors (Lipinski definition) is 0. The smallest absolute Gasteiger partial charge is 0.143 e. The van der Waals surface area contributed by atoms with E-state index in [0.29, 0.717) is 0 Å². The van der Waals surface area contributed by atoms with E-state index in [-0.39, 0.29) is 21.7 Å². The molecular weight excluding hydrogens is 1730 g/mol. The van der Waals surface area contributed by atoms with Crippen LogP contribution in [0, 0.1) is 0 Å². The number of furan rings is 2. The summed E-state index contributed by atoms with van der Waals surface area (Å²) >= 11 is 0. The van der Waals surface area contributed by atoms with Crippen LogP contribution in [0.2, 0.25) is 0 Å². The van der Waals surface area contributed by atoms with Gasteiger partial charge in [-0.25, -0.2) is 0 Å². The van der Waals surface area contributed by atoms with Crippen molar-refractivity contribution in [1.82, 2.24) is 0 Å². The molecule has 2 aromatic heterocycles. The van der Waals surface area contributed by atoms with Crippen molar-refractivity contribution in [2.24, 2.45) is 0 Å². The summed E-state index contributed by atoms with van der Waals surface area (Å²) in [4.78, 5) is 2.57. The Bertz CT molecular complexity index is 7580. The quantitative estimate of drug-likeness (QED) is 0.0371. The van der Waals surface area contributed by atoms with Crippen LogP contribution in [-0.2, 0) is 32.5 Å². The minimum Gasteiger partial charge on any atom is -0.455 e. The minimum atomic E-state index is -0.428. The Morgan fingerprint density at radius 1 is 0.210 bits per heavy atom. The molecule has 2 heterocycles. The molecule has 0 aliphatic heterocycles. The number of rotatable bonds is 35. The molecule has 0 fully saturated rings. The number of para-hydroxylation sites is 2. The van der Waals surface area contributed by atoms with Crippen LogP contribution in [0.4, 0.5) is 17.1 Å². The molecule has 0 spiro atoms. The minimum absolute atomic E-state index is 0.0158. The second kappa shape index (κ2) is 36.8. The second-order valence-electron chi connectivity index (χ2n) is 46.0. The number of anilines is 3. The van der Waals surface area contributed by atoms with Gasteiger partial charge in [-0.15, -0.1) is 0 Å². The van der Waals surface area contributed by atoms with E-state index in [9.17, 15) is 0 Å². The summed E-state index contributed by atoms with van der Waals surface area (Å²) in [6.07, 6.45) is 36.3. The molecule has 0 bridgehead atoms. The first kappa shape index (κ1) is 92.6. The highest BCUT2D eigenvalue weighted by molar-refractivity contribution is 6.21. The highest BCUT2D eigenvalue weighted by Crippen LogP contribution is 2.64. The Kier molecular flexibility index (Phi) is 23.8. The number of hydrogen-bond acceptors (Lipinski definition) is 3. The molecule has 0 radical (unpaired) electrons. The average molecular weight is 1870 g/mol. The largest absolute Gasteiger partial charge is 0.455 e. The predicted octanol–water partition coefficient (Wildman–Crippen LogP) is 41.5. The van der Waals surface area contributed by atoms with E-state index in [1.54, 1.807) is 22.3 Å². The van der Waals surface area contributed by atoms with Crippen LogP contribution in [0.3, 0.4) is 0 Å². The topological polar surface area (TPSA) is 29.5 Å². The average Bonchev–Trinajstić information content (AvgIpc) is 1.93. The van der Waals surface area contributed by atoms with Gasteiger partial charge in [0.1, 0.15) is 22.3 Å². The Balaban J connectivity index is 0.561. The van der Waals surface area contributed by atoms with Crippen molar-refractivity contribution in [1.29, 1.82) is 0 Å². The Morgan fingerprint density at radius 2 is 0.497 bits per heavy atom. The van der Waals surface area contributed by atoms with Gasteiger partial charge in [-0.3, -0.25) is 0 Å². The Hall–Kier alpha value is -12.8. The molecule has 3 nitrogen and oxygen atoms in total. The highest BCUT2D eigenvalue weighted by atomic mass is 16.3. The SMILES string of the molecule is CCCCCCCCC1(CCCCCCCC)c2ccccc2-c2ccc(-c3ccc4c(c3)C(C)(C)c3cc(-c5cc6c(c7c5oc5ccccc57)-c5ccc(N(c7ccc8c(c7)C(C)(C)c7cc(-c9ccc%10c(c9)C(C)(C)c9cc(-c%11ccc%12c(c%11)C(CCCCCCCC)(CCCCCCCC)c%11ccccc%11-%12)ccc9-%10)c9oc%10ccccc%10c9c7-8)c7cccc8ccccc78)cc5C6(C)C)ccc3-4)cc21. The molecule has 0 atom stereocenters. The third-order valence-electron chi connectivity index (χ3n) is 36.1. The monoisotopic (exact) mass is 1870 g/mol. The van der Waals surface area contributed by atoms with E-state index < -0.39 is 10.8 Å². The van der Waals surface area contributed by atoms with Crippen LogP contribution in [0.15, 0.2) is 306 Å². The molecule has 6 aliphatic carbocycles. The lowest BCUT2D eigenvalue weighted by atomic mass is 9.70. The number of benzene rings is 16. The first-order valence-electron chi connectivity index (χ1n) is 55.4. The fourth-order valence-electron chi connectivity index (χ4n) is 28.3. The molecule has 16 aromatic carbocycles. The normalized spacial score (nSPS) is 15.3. The van der Waals surface area contributed by atoms with Gasteiger partial charge in [-0.05, 0) is 289 Å². The van der Waals surface area contributed by atoms with Gasteiger partial charge in [0.05, 0.1) is 5.69 Å². The molecule has 0 saturated carbocycles. The van der Waals surface area contributed by atoms with Gasteiger partial charge in [0, 0.05) is 81.9 Å². The predicted molar refractivity (Wildman–Crippen MR) is 610 cm³/mol. The zero-order valence-corrected chi connectivity index (χ0v) is 86.9. The van der Waals surface area contributed by atoms with Gasteiger partial charge in [0.15, 0.2) is 0 Å². The first-order chi connectivity index (χ1) is 69.8. The second-order valence-corrected chi connectivity index (χ2v) is 46.0. The maximum atomic E-state index is 7.34. The van der Waals surface area contributed by atoms with Gasteiger partial charge in [-0.1, -0.05) is 443 Å². The zero-order valence-electron chi connectivity index (χ0n) is 86.9. The molecule has 0 unspecified atom stereocenters. The molecule has 18 aromatic rings. The third kappa shape index (κ3) is 15.1. The number of fused-ring (bicyclic) bond motifs is 27. The summed E-state index contributed by atoms with van der Waals surface area (Å²) < 4.78 is 14.7. The molecule has 718 valence electrons. The Labute approximate surface area is 850 Å². The lowest BCUT2D eigenvalue weighted by Crippen LogP contribution is -2.25. The van der Waals surface area contributed by atoms with Crippen molar-refractivity contribution < 1.29 is 8.83 Å².